The van der Waals surface area contributed by atoms with Gasteiger partial charge >= 0.3 is 0 Å². The molecule has 1 aliphatic heterocycles. The van der Waals surface area contributed by atoms with Crippen LogP contribution in [-0.2, 0) is 4.74 Å². The molecule has 0 aromatic heterocycles. The number of aliphatic hydroxyl groups excluding tert-OH is 1. The number of rotatable bonds is 2. The van der Waals surface area contributed by atoms with E-state index >= 15 is 0 Å². The molecule has 1 rings (SSSR count). The molecule has 0 aromatic rings. The van der Waals surface area contributed by atoms with Gasteiger partial charge in [-0.1, -0.05) is 6.92 Å². The molecule has 0 aromatic carbocycles. The number of ether oxygens (including phenoxy) is 1. The molecule has 1 aliphatic rings. The maximum atomic E-state index is 9.30. The summed E-state index contributed by atoms with van der Waals surface area (Å²) in [4.78, 5) is 1.99. The first-order chi connectivity index (χ1) is 4.84. The van der Waals surface area contributed by atoms with Crippen molar-refractivity contribution in [1.82, 2.24) is 4.90 Å². The summed E-state index contributed by atoms with van der Waals surface area (Å²) in [5.74, 6) is 0. The molecule has 1 N–H and O–H groups in total. The van der Waals surface area contributed by atoms with E-state index in [9.17, 15) is 5.11 Å². The van der Waals surface area contributed by atoms with E-state index < -0.39 is 0 Å². The average molecular weight is 144 g/mol. The monoisotopic (exact) mass is 144 g/mol. The van der Waals surface area contributed by atoms with Crippen molar-refractivity contribution in [2.24, 2.45) is 0 Å². The van der Waals surface area contributed by atoms with E-state index in [4.69, 9.17) is 4.74 Å². The number of aliphatic hydroxyl groups is 1. The minimum atomic E-state index is -0.385. The van der Waals surface area contributed by atoms with Gasteiger partial charge in [0.2, 0.25) is 0 Å². The number of morpholine rings is 1. The fourth-order valence-electron chi connectivity index (χ4n) is 1.05. The van der Waals surface area contributed by atoms with Crippen LogP contribution in [0.15, 0.2) is 0 Å². The van der Waals surface area contributed by atoms with Crippen molar-refractivity contribution >= 4 is 0 Å². The zero-order valence-electron chi connectivity index (χ0n) is 6.29. The lowest BCUT2D eigenvalue weighted by atomic mass is 10.3. The van der Waals surface area contributed by atoms with Gasteiger partial charge in [0.1, 0.15) is 6.23 Å². The first-order valence-corrected chi connectivity index (χ1v) is 3.64. The molecule has 1 unspecified atom stereocenters. The van der Waals surface area contributed by atoms with Crippen LogP contribution in [0.5, 0.6) is 0 Å². The summed E-state index contributed by atoms with van der Waals surface area (Å²) in [5, 5.41) is 9.30. The lowest BCUT2D eigenvalue weighted by Gasteiger charge is -2.30. The van der Waals surface area contributed by atoms with Crippen LogP contribution in [0.1, 0.15) is 6.92 Å². The molecular weight excluding hydrogens is 130 g/mol. The molecule has 3 nitrogen and oxygen atoms in total. The maximum Gasteiger partial charge on any atom is 0.110 e. The molecular formula is C7H14NO2. The molecule has 1 heterocycles. The molecule has 10 heavy (non-hydrogen) atoms. The topological polar surface area (TPSA) is 32.7 Å². The molecule has 0 bridgehead atoms. The summed E-state index contributed by atoms with van der Waals surface area (Å²) in [6, 6.07) is 0. The second kappa shape index (κ2) is 3.91. The Bertz CT molecular complexity index is 91.6. The van der Waals surface area contributed by atoms with Crippen molar-refractivity contribution < 1.29 is 9.84 Å². The highest BCUT2D eigenvalue weighted by atomic mass is 16.5. The Morgan fingerprint density at radius 2 is 2.10 bits per heavy atom. The highest BCUT2D eigenvalue weighted by Gasteiger charge is 2.16. The van der Waals surface area contributed by atoms with Crippen LogP contribution < -0.4 is 0 Å². The smallest absolute Gasteiger partial charge is 0.110 e. The third kappa shape index (κ3) is 1.94. The normalized spacial score (nSPS) is 24.6. The van der Waals surface area contributed by atoms with Crippen LogP contribution in [-0.4, -0.2) is 42.5 Å². The summed E-state index contributed by atoms with van der Waals surface area (Å²) in [7, 11) is 0. The predicted molar refractivity (Wildman–Crippen MR) is 38.4 cm³/mol. The predicted octanol–water partition coefficient (Wildman–Crippen LogP) is -0.139. The SMILES string of the molecule is C[CH]C(O)N1CCOCC1. The van der Waals surface area contributed by atoms with Crippen molar-refractivity contribution in [3.05, 3.63) is 6.42 Å². The van der Waals surface area contributed by atoms with E-state index in [0.717, 1.165) is 26.3 Å². The molecule has 0 spiro atoms. The number of nitrogens with zero attached hydrogens (tertiary/aromatic N) is 1. The summed E-state index contributed by atoms with van der Waals surface area (Å²) in [6.07, 6.45) is 1.40. The molecule has 0 amide bonds. The first kappa shape index (κ1) is 7.98. The van der Waals surface area contributed by atoms with Gasteiger partial charge in [0.25, 0.3) is 0 Å². The second-order valence-electron chi connectivity index (χ2n) is 2.40. The minimum absolute atomic E-state index is 0.385. The van der Waals surface area contributed by atoms with E-state index in [1.165, 1.54) is 0 Å². The Hall–Kier alpha value is -0.120. The van der Waals surface area contributed by atoms with Crippen molar-refractivity contribution in [1.29, 1.82) is 0 Å². The Balaban J connectivity index is 2.24. The zero-order chi connectivity index (χ0) is 7.40. The third-order valence-electron chi connectivity index (χ3n) is 1.72. The Kier molecular flexibility index (Phi) is 3.12. The van der Waals surface area contributed by atoms with Gasteiger partial charge in [0, 0.05) is 19.5 Å². The molecule has 59 valence electrons. The molecule has 1 saturated heterocycles. The highest BCUT2D eigenvalue weighted by molar-refractivity contribution is 4.73. The molecule has 1 radical (unpaired) electrons. The van der Waals surface area contributed by atoms with Gasteiger partial charge < -0.3 is 9.84 Å². The van der Waals surface area contributed by atoms with Gasteiger partial charge in [0.15, 0.2) is 0 Å². The lowest BCUT2D eigenvalue weighted by Crippen LogP contribution is -2.43. The molecule has 0 aliphatic carbocycles. The summed E-state index contributed by atoms with van der Waals surface area (Å²) in [6.45, 7) is 5.02. The van der Waals surface area contributed by atoms with E-state index in [1.54, 1.807) is 6.42 Å². The van der Waals surface area contributed by atoms with Gasteiger partial charge in [-0.25, -0.2) is 0 Å². The molecule has 0 saturated carbocycles. The van der Waals surface area contributed by atoms with Crippen LogP contribution in [0.25, 0.3) is 0 Å². The first-order valence-electron chi connectivity index (χ1n) is 3.64. The van der Waals surface area contributed by atoms with E-state index in [2.05, 4.69) is 0 Å². The van der Waals surface area contributed by atoms with Gasteiger partial charge in [-0.2, -0.15) is 0 Å². The van der Waals surface area contributed by atoms with Gasteiger partial charge in [-0.05, 0) is 0 Å². The standard InChI is InChI=1S/C7H14NO2/c1-2-7(9)8-3-5-10-6-4-8/h2,7,9H,3-6H2,1H3. The minimum Gasteiger partial charge on any atom is -0.379 e. The van der Waals surface area contributed by atoms with Crippen molar-refractivity contribution in [3.8, 4) is 0 Å². The quantitative estimate of drug-likeness (QED) is 0.585. The van der Waals surface area contributed by atoms with E-state index in [0.29, 0.717) is 0 Å². The summed E-state index contributed by atoms with van der Waals surface area (Å²) < 4.78 is 5.13. The van der Waals surface area contributed by atoms with Crippen LogP contribution in [0, 0.1) is 6.42 Å². The molecule has 1 fully saturated rings. The maximum absolute atomic E-state index is 9.30. The van der Waals surface area contributed by atoms with Crippen molar-refractivity contribution in [3.63, 3.8) is 0 Å². The largest absolute Gasteiger partial charge is 0.379 e. The Labute approximate surface area is 61.6 Å². The summed E-state index contributed by atoms with van der Waals surface area (Å²) in [5.41, 5.74) is 0. The third-order valence-corrected chi connectivity index (χ3v) is 1.72. The van der Waals surface area contributed by atoms with Crippen LogP contribution in [0.3, 0.4) is 0 Å². The van der Waals surface area contributed by atoms with Gasteiger partial charge in [-0.15, -0.1) is 0 Å². The van der Waals surface area contributed by atoms with Crippen LogP contribution in [0.4, 0.5) is 0 Å². The fraction of sp³-hybridized carbons (Fsp3) is 0.857. The van der Waals surface area contributed by atoms with Crippen LogP contribution >= 0.6 is 0 Å². The number of hydrogen-bond donors (Lipinski definition) is 1. The van der Waals surface area contributed by atoms with E-state index in [-0.39, 0.29) is 6.23 Å². The lowest BCUT2D eigenvalue weighted by molar-refractivity contribution is -0.0426. The number of hydrogen-bond acceptors (Lipinski definition) is 3. The summed E-state index contributed by atoms with van der Waals surface area (Å²) >= 11 is 0. The Morgan fingerprint density at radius 3 is 2.60 bits per heavy atom. The van der Waals surface area contributed by atoms with Crippen molar-refractivity contribution in [2.45, 2.75) is 13.2 Å². The van der Waals surface area contributed by atoms with Gasteiger partial charge in [-0.3, -0.25) is 4.90 Å². The zero-order valence-corrected chi connectivity index (χ0v) is 6.29. The Morgan fingerprint density at radius 1 is 1.50 bits per heavy atom. The fourth-order valence-corrected chi connectivity index (χ4v) is 1.05. The van der Waals surface area contributed by atoms with Crippen molar-refractivity contribution in [2.75, 3.05) is 26.3 Å². The second-order valence-corrected chi connectivity index (χ2v) is 2.40. The molecule has 1 atom stereocenters. The van der Waals surface area contributed by atoms with Gasteiger partial charge in [0.05, 0.1) is 13.2 Å². The van der Waals surface area contributed by atoms with Crippen LogP contribution in [0.2, 0.25) is 0 Å². The highest BCUT2D eigenvalue weighted by Crippen LogP contribution is 2.02. The molecule has 3 heteroatoms. The average Bonchev–Trinajstić information content (AvgIpc) is 2.05. The van der Waals surface area contributed by atoms with E-state index in [1.807, 2.05) is 11.8 Å².